The highest BCUT2D eigenvalue weighted by molar-refractivity contribution is 4.86. The fourth-order valence-electron chi connectivity index (χ4n) is 4.26. The zero-order chi connectivity index (χ0) is 15.5. The zero-order valence-electron chi connectivity index (χ0n) is 15.5. The van der Waals surface area contributed by atoms with Crippen LogP contribution in [0.2, 0.25) is 0 Å². The third-order valence-corrected chi connectivity index (χ3v) is 4.79. The third kappa shape index (κ3) is 8.00. The van der Waals surface area contributed by atoms with Crippen LogP contribution in [0.3, 0.4) is 0 Å². The third-order valence-electron chi connectivity index (χ3n) is 4.79. The van der Waals surface area contributed by atoms with Gasteiger partial charge in [-0.3, -0.25) is 0 Å². The molecule has 0 heteroatoms. The van der Waals surface area contributed by atoms with Gasteiger partial charge in [-0.1, -0.05) is 82.1 Å². The molecule has 0 aromatic rings. The first-order valence-electron chi connectivity index (χ1n) is 8.24. The van der Waals surface area contributed by atoms with Crippen LogP contribution in [0, 0.1) is 21.7 Å². The van der Waals surface area contributed by atoms with Gasteiger partial charge in [0.25, 0.3) is 0 Å². The van der Waals surface area contributed by atoms with E-state index in [1.54, 1.807) is 0 Å². The summed E-state index contributed by atoms with van der Waals surface area (Å²) in [6.45, 7) is 24.2. The second-order valence-electron chi connectivity index (χ2n) is 9.89. The van der Waals surface area contributed by atoms with Crippen LogP contribution in [0.15, 0.2) is 0 Å². The van der Waals surface area contributed by atoms with Crippen molar-refractivity contribution in [3.05, 3.63) is 0 Å². The van der Waals surface area contributed by atoms with Gasteiger partial charge in [-0.2, -0.15) is 0 Å². The molecule has 0 atom stereocenters. The van der Waals surface area contributed by atoms with Gasteiger partial charge < -0.3 is 0 Å². The molecule has 0 aromatic carbocycles. The first-order valence-corrected chi connectivity index (χ1v) is 8.24. The maximum absolute atomic E-state index is 2.46. The van der Waals surface area contributed by atoms with Gasteiger partial charge in [-0.05, 0) is 40.9 Å². The lowest BCUT2D eigenvalue weighted by molar-refractivity contribution is 0.0868. The van der Waals surface area contributed by atoms with E-state index in [1.807, 2.05) is 0 Å². The summed E-state index contributed by atoms with van der Waals surface area (Å²) in [4.78, 5) is 0. The molecule has 0 aromatic heterocycles. The van der Waals surface area contributed by atoms with Crippen LogP contribution in [0.1, 0.15) is 101 Å². The Kier molecular flexibility index (Phi) is 6.19. The minimum absolute atomic E-state index is 0.437. The molecular formula is C19H40. The van der Waals surface area contributed by atoms with Crippen molar-refractivity contribution in [1.82, 2.24) is 0 Å². The maximum atomic E-state index is 2.46. The topological polar surface area (TPSA) is 0 Å². The van der Waals surface area contributed by atoms with Gasteiger partial charge in [0.05, 0.1) is 0 Å². The van der Waals surface area contributed by atoms with E-state index in [1.165, 1.54) is 32.1 Å². The van der Waals surface area contributed by atoms with Crippen LogP contribution in [0.4, 0.5) is 0 Å². The van der Waals surface area contributed by atoms with Crippen LogP contribution in [0.25, 0.3) is 0 Å². The lowest BCUT2D eigenvalue weighted by atomic mass is 9.63. The van der Waals surface area contributed by atoms with Crippen LogP contribution in [-0.2, 0) is 0 Å². The summed E-state index contributed by atoms with van der Waals surface area (Å²) in [5, 5.41) is 0. The van der Waals surface area contributed by atoms with Gasteiger partial charge in [0, 0.05) is 0 Å². The molecule has 0 aliphatic rings. The van der Waals surface area contributed by atoms with Crippen molar-refractivity contribution in [3.8, 4) is 0 Å². The van der Waals surface area contributed by atoms with Gasteiger partial charge >= 0.3 is 0 Å². The molecular weight excluding hydrogens is 228 g/mol. The first-order chi connectivity index (χ1) is 8.24. The van der Waals surface area contributed by atoms with Crippen LogP contribution < -0.4 is 0 Å². The lowest BCUT2D eigenvalue weighted by Gasteiger charge is -2.42. The predicted octanol–water partition coefficient (Wildman–Crippen LogP) is 7.08. The van der Waals surface area contributed by atoms with Gasteiger partial charge in [0.2, 0.25) is 0 Å². The second-order valence-corrected chi connectivity index (χ2v) is 9.89. The quantitative estimate of drug-likeness (QED) is 0.441. The molecule has 0 unspecified atom stereocenters. The Morgan fingerprint density at radius 3 is 0.842 bits per heavy atom. The largest absolute Gasteiger partial charge is 0.0649 e. The summed E-state index contributed by atoms with van der Waals surface area (Å²) >= 11 is 0. The molecule has 0 spiro atoms. The van der Waals surface area contributed by atoms with Gasteiger partial charge in [-0.15, -0.1) is 0 Å². The molecule has 0 amide bonds. The van der Waals surface area contributed by atoms with E-state index in [-0.39, 0.29) is 0 Å². The number of hydrogen-bond acceptors (Lipinski definition) is 0. The highest BCUT2D eigenvalue weighted by Gasteiger charge is 2.35. The smallest absolute Gasteiger partial charge is 0.0344 e. The van der Waals surface area contributed by atoms with Crippen LogP contribution >= 0.6 is 0 Å². The molecule has 0 fully saturated rings. The van der Waals surface area contributed by atoms with E-state index in [4.69, 9.17) is 0 Å². The van der Waals surface area contributed by atoms with E-state index in [2.05, 4.69) is 69.2 Å². The van der Waals surface area contributed by atoms with E-state index < -0.39 is 0 Å². The van der Waals surface area contributed by atoms with Crippen LogP contribution in [0.5, 0.6) is 0 Å². The molecule has 19 heavy (non-hydrogen) atoms. The molecule has 0 heterocycles. The zero-order valence-corrected chi connectivity index (χ0v) is 15.5. The van der Waals surface area contributed by atoms with Crippen molar-refractivity contribution in [2.24, 2.45) is 21.7 Å². The number of rotatable bonds is 8. The number of hydrogen-bond donors (Lipinski definition) is 0. The Morgan fingerprint density at radius 2 is 0.632 bits per heavy atom. The maximum Gasteiger partial charge on any atom is -0.0344 e. The van der Waals surface area contributed by atoms with Crippen molar-refractivity contribution in [2.45, 2.75) is 101 Å². The van der Waals surface area contributed by atoms with Crippen molar-refractivity contribution < 1.29 is 0 Å². The average Bonchev–Trinajstić information content (AvgIpc) is 2.12. The monoisotopic (exact) mass is 268 g/mol. The Labute approximate surface area is 123 Å². The summed E-state index contributed by atoms with van der Waals surface area (Å²) in [5.41, 5.74) is 1.82. The van der Waals surface area contributed by atoms with Crippen molar-refractivity contribution in [3.63, 3.8) is 0 Å². The van der Waals surface area contributed by atoms with E-state index >= 15 is 0 Å². The summed E-state index contributed by atoms with van der Waals surface area (Å²) in [6, 6.07) is 0. The first kappa shape index (κ1) is 19.0. The van der Waals surface area contributed by atoms with E-state index in [0.29, 0.717) is 21.7 Å². The molecule has 116 valence electrons. The minimum Gasteiger partial charge on any atom is -0.0649 e. The molecule has 0 saturated heterocycles. The fraction of sp³-hybridized carbons (Fsp3) is 1.00. The molecule has 0 radical (unpaired) electrons. The van der Waals surface area contributed by atoms with Crippen molar-refractivity contribution in [2.75, 3.05) is 0 Å². The Hall–Kier alpha value is 0. The van der Waals surface area contributed by atoms with Gasteiger partial charge in [0.1, 0.15) is 0 Å². The summed E-state index contributed by atoms with van der Waals surface area (Å²) in [5.74, 6) is 0. The highest BCUT2D eigenvalue weighted by Crippen LogP contribution is 2.47. The summed E-state index contributed by atoms with van der Waals surface area (Å²) < 4.78 is 0. The Balaban J connectivity index is 4.72. The van der Waals surface area contributed by atoms with E-state index in [0.717, 1.165) is 0 Å². The van der Waals surface area contributed by atoms with Crippen molar-refractivity contribution in [1.29, 1.82) is 0 Å². The average molecular weight is 269 g/mol. The molecule has 0 nitrogen and oxygen atoms in total. The summed E-state index contributed by atoms with van der Waals surface area (Å²) in [6.07, 6.45) is 6.53. The molecule has 0 saturated carbocycles. The second kappa shape index (κ2) is 6.19. The highest BCUT2D eigenvalue weighted by atomic mass is 14.4. The fourth-order valence-corrected chi connectivity index (χ4v) is 4.26. The standard InChI is InChI=1S/C19H40/c1-11-16(3,4)13-18(7,8)15-19(9,10)14-17(5,6)12-2/h11-15H2,1-10H3. The summed E-state index contributed by atoms with van der Waals surface area (Å²) in [7, 11) is 0. The van der Waals surface area contributed by atoms with Crippen molar-refractivity contribution >= 4 is 0 Å². The normalized spacial score (nSPS) is 14.8. The Bertz CT molecular complexity index is 238. The van der Waals surface area contributed by atoms with Gasteiger partial charge in [-0.25, -0.2) is 0 Å². The van der Waals surface area contributed by atoms with Gasteiger partial charge in [0.15, 0.2) is 0 Å². The lowest BCUT2D eigenvalue weighted by Crippen LogP contribution is -2.31. The molecule has 0 bridgehead atoms. The predicted molar refractivity (Wildman–Crippen MR) is 89.6 cm³/mol. The molecule has 0 N–H and O–H groups in total. The SMILES string of the molecule is CCC(C)(C)CC(C)(C)CC(C)(C)CC(C)(C)CC. The molecule has 0 aliphatic carbocycles. The van der Waals surface area contributed by atoms with E-state index in [9.17, 15) is 0 Å². The molecule has 0 rings (SSSR count). The molecule has 0 aliphatic heterocycles. The minimum atomic E-state index is 0.437. The van der Waals surface area contributed by atoms with Crippen LogP contribution in [-0.4, -0.2) is 0 Å². The Morgan fingerprint density at radius 1 is 0.421 bits per heavy atom.